The Kier molecular flexibility index (Phi) is 3.92. The number of aromatic amines is 1. The number of carboxylic acid groups (broad SMARTS) is 1. The average Bonchev–Trinajstić information content (AvgIpc) is 3.04. The summed E-state index contributed by atoms with van der Waals surface area (Å²) in [5.74, 6) is 0.0655. The van der Waals surface area contributed by atoms with E-state index in [1.807, 2.05) is 36.4 Å². The number of nitrogens with zero attached hydrogens (tertiary/aromatic N) is 2. The van der Waals surface area contributed by atoms with Crippen molar-refractivity contribution in [2.45, 2.75) is 0 Å². The molecular weight excluding hydrogens is 298 g/mol. The van der Waals surface area contributed by atoms with Crippen LogP contribution in [0.4, 0.5) is 0 Å². The van der Waals surface area contributed by atoms with Gasteiger partial charge in [0.25, 0.3) is 5.88 Å². The molecule has 2 N–H and O–H groups in total. The number of carbonyl (C=O) groups is 1. The number of aromatic nitrogens is 3. The Labute approximate surface area is 131 Å². The maximum atomic E-state index is 11.0. The smallest absolute Gasteiger partial charge is 0.362 e. The topological polar surface area (TPSA) is 97.3 Å². The highest BCUT2D eigenvalue weighted by Gasteiger charge is 2.16. The van der Waals surface area contributed by atoms with Gasteiger partial charge in [-0.15, -0.1) is 5.10 Å². The Bertz CT molecular complexity index is 810. The lowest BCUT2D eigenvalue weighted by atomic mass is 10.1. The van der Waals surface area contributed by atoms with Gasteiger partial charge in [0.1, 0.15) is 11.5 Å². The molecule has 0 unspecified atom stereocenters. The molecule has 0 atom stereocenters. The number of nitrogens with one attached hydrogen (secondary N) is 1. The molecule has 0 saturated heterocycles. The second-order valence-corrected chi connectivity index (χ2v) is 4.65. The van der Waals surface area contributed by atoms with Gasteiger partial charge in [0.05, 0.1) is 7.11 Å². The number of carboxylic acids is 1. The predicted molar refractivity (Wildman–Crippen MR) is 81.8 cm³/mol. The number of benzene rings is 2. The standard InChI is InChI=1S/C16H13N3O4/c1-22-12-6-2-10(3-7-12)11-4-8-13(9-5-11)23-15-14(16(20)21)17-19-18-15/h2-9H,1H3,(H,20,21)(H,17,18,19). The van der Waals surface area contributed by atoms with Crippen LogP contribution in [0, 0.1) is 0 Å². The third-order valence-corrected chi connectivity index (χ3v) is 3.22. The molecule has 0 saturated carbocycles. The van der Waals surface area contributed by atoms with Crippen LogP contribution in [0.2, 0.25) is 0 Å². The summed E-state index contributed by atoms with van der Waals surface area (Å²) >= 11 is 0. The molecule has 1 heterocycles. The Morgan fingerprint density at radius 2 is 1.57 bits per heavy atom. The zero-order valence-electron chi connectivity index (χ0n) is 12.2. The first kappa shape index (κ1) is 14.6. The lowest BCUT2D eigenvalue weighted by Crippen LogP contribution is -1.99. The van der Waals surface area contributed by atoms with Crippen LogP contribution in [0.15, 0.2) is 48.5 Å². The van der Waals surface area contributed by atoms with Crippen LogP contribution in [-0.2, 0) is 0 Å². The number of hydrogen-bond acceptors (Lipinski definition) is 5. The van der Waals surface area contributed by atoms with Crippen LogP contribution in [0.25, 0.3) is 11.1 Å². The molecule has 0 amide bonds. The maximum absolute atomic E-state index is 11.0. The van der Waals surface area contributed by atoms with Crippen molar-refractivity contribution in [2.24, 2.45) is 0 Å². The number of ether oxygens (including phenoxy) is 2. The van der Waals surface area contributed by atoms with E-state index in [9.17, 15) is 4.79 Å². The molecule has 3 aromatic rings. The Morgan fingerprint density at radius 1 is 1.00 bits per heavy atom. The second kappa shape index (κ2) is 6.18. The summed E-state index contributed by atoms with van der Waals surface area (Å²) in [7, 11) is 1.62. The molecular formula is C16H13N3O4. The quantitative estimate of drug-likeness (QED) is 0.752. The van der Waals surface area contributed by atoms with Crippen molar-refractivity contribution >= 4 is 5.97 Å². The molecule has 0 radical (unpaired) electrons. The summed E-state index contributed by atoms with van der Waals surface area (Å²) in [5.41, 5.74) is 1.78. The fraction of sp³-hybridized carbons (Fsp3) is 0.0625. The molecule has 2 aromatic carbocycles. The molecule has 1 aromatic heterocycles. The van der Waals surface area contributed by atoms with E-state index in [4.69, 9.17) is 14.6 Å². The molecule has 0 fully saturated rings. The van der Waals surface area contributed by atoms with Crippen molar-refractivity contribution in [1.29, 1.82) is 0 Å². The normalized spacial score (nSPS) is 10.3. The van der Waals surface area contributed by atoms with E-state index in [-0.39, 0.29) is 11.6 Å². The van der Waals surface area contributed by atoms with E-state index < -0.39 is 5.97 Å². The van der Waals surface area contributed by atoms with E-state index in [0.29, 0.717) is 5.75 Å². The molecule has 0 aliphatic rings. The minimum Gasteiger partial charge on any atom is -0.497 e. The number of aromatic carboxylic acids is 1. The molecule has 3 rings (SSSR count). The monoisotopic (exact) mass is 311 g/mol. The fourth-order valence-electron chi connectivity index (χ4n) is 2.05. The second-order valence-electron chi connectivity index (χ2n) is 4.65. The van der Waals surface area contributed by atoms with Gasteiger partial charge >= 0.3 is 5.97 Å². The SMILES string of the molecule is COc1ccc(-c2ccc(Oc3[nH]nnc3C(=O)O)cc2)cc1. The average molecular weight is 311 g/mol. The van der Waals surface area contributed by atoms with Gasteiger partial charge in [-0.1, -0.05) is 29.5 Å². The van der Waals surface area contributed by atoms with Crippen LogP contribution in [0.5, 0.6) is 17.4 Å². The van der Waals surface area contributed by atoms with Crippen LogP contribution >= 0.6 is 0 Å². The van der Waals surface area contributed by atoms with Gasteiger partial charge in [-0.05, 0) is 35.4 Å². The van der Waals surface area contributed by atoms with E-state index in [2.05, 4.69) is 15.4 Å². The summed E-state index contributed by atoms with van der Waals surface area (Å²) in [4.78, 5) is 11.0. The van der Waals surface area contributed by atoms with Crippen LogP contribution in [0.1, 0.15) is 10.5 Å². The van der Waals surface area contributed by atoms with E-state index in [1.54, 1.807) is 19.2 Å². The summed E-state index contributed by atoms with van der Waals surface area (Å²) in [5, 5.41) is 18.3. The molecule has 23 heavy (non-hydrogen) atoms. The van der Waals surface area contributed by atoms with Crippen LogP contribution in [0.3, 0.4) is 0 Å². The van der Waals surface area contributed by atoms with Crippen molar-refractivity contribution in [3.8, 4) is 28.5 Å². The predicted octanol–water partition coefficient (Wildman–Crippen LogP) is 2.97. The lowest BCUT2D eigenvalue weighted by molar-refractivity contribution is 0.0687. The number of H-pyrrole nitrogens is 1. The number of rotatable bonds is 5. The summed E-state index contributed by atoms with van der Waals surface area (Å²) in [6.07, 6.45) is 0. The summed E-state index contributed by atoms with van der Waals surface area (Å²) in [6, 6.07) is 14.9. The first-order chi connectivity index (χ1) is 11.2. The zero-order valence-corrected chi connectivity index (χ0v) is 12.2. The maximum Gasteiger partial charge on any atom is 0.362 e. The van der Waals surface area contributed by atoms with E-state index in [1.165, 1.54) is 0 Å². The van der Waals surface area contributed by atoms with Crippen molar-refractivity contribution in [3.63, 3.8) is 0 Å². The Hall–Kier alpha value is -3.35. The molecule has 0 bridgehead atoms. The Morgan fingerprint density at radius 3 is 2.09 bits per heavy atom. The molecule has 0 aliphatic heterocycles. The van der Waals surface area contributed by atoms with Gasteiger partial charge in [0, 0.05) is 0 Å². The van der Waals surface area contributed by atoms with Gasteiger partial charge in [-0.2, -0.15) is 0 Å². The van der Waals surface area contributed by atoms with Crippen molar-refractivity contribution in [1.82, 2.24) is 15.4 Å². The highest BCUT2D eigenvalue weighted by Crippen LogP contribution is 2.27. The van der Waals surface area contributed by atoms with Gasteiger partial charge < -0.3 is 14.6 Å². The molecule has 7 nitrogen and oxygen atoms in total. The van der Waals surface area contributed by atoms with E-state index in [0.717, 1.165) is 16.9 Å². The van der Waals surface area contributed by atoms with Gasteiger partial charge in [0.2, 0.25) is 5.69 Å². The molecule has 0 aliphatic carbocycles. The zero-order chi connectivity index (χ0) is 16.2. The fourth-order valence-corrected chi connectivity index (χ4v) is 2.05. The third-order valence-electron chi connectivity index (χ3n) is 3.22. The molecule has 7 heteroatoms. The van der Waals surface area contributed by atoms with E-state index >= 15 is 0 Å². The number of hydrogen-bond donors (Lipinski definition) is 2. The van der Waals surface area contributed by atoms with Crippen molar-refractivity contribution in [3.05, 3.63) is 54.2 Å². The van der Waals surface area contributed by atoms with Gasteiger partial charge in [0.15, 0.2) is 0 Å². The Balaban J connectivity index is 1.78. The van der Waals surface area contributed by atoms with Gasteiger partial charge in [-0.3, -0.25) is 0 Å². The third kappa shape index (κ3) is 3.13. The van der Waals surface area contributed by atoms with Crippen LogP contribution in [-0.4, -0.2) is 33.6 Å². The lowest BCUT2D eigenvalue weighted by Gasteiger charge is -2.06. The van der Waals surface area contributed by atoms with Crippen molar-refractivity contribution in [2.75, 3.05) is 7.11 Å². The summed E-state index contributed by atoms with van der Waals surface area (Å²) in [6.45, 7) is 0. The highest BCUT2D eigenvalue weighted by molar-refractivity contribution is 5.87. The van der Waals surface area contributed by atoms with Crippen LogP contribution < -0.4 is 9.47 Å². The molecule has 0 spiro atoms. The number of methoxy groups -OCH3 is 1. The first-order valence-electron chi connectivity index (χ1n) is 6.74. The van der Waals surface area contributed by atoms with Gasteiger partial charge in [-0.25, -0.2) is 9.89 Å². The first-order valence-corrected chi connectivity index (χ1v) is 6.74. The minimum atomic E-state index is -1.20. The largest absolute Gasteiger partial charge is 0.497 e. The minimum absolute atomic E-state index is 0.00491. The highest BCUT2D eigenvalue weighted by atomic mass is 16.5. The molecule has 116 valence electrons. The van der Waals surface area contributed by atoms with Crippen molar-refractivity contribution < 1.29 is 19.4 Å². The summed E-state index contributed by atoms with van der Waals surface area (Å²) < 4.78 is 10.6.